The summed E-state index contributed by atoms with van der Waals surface area (Å²) in [7, 11) is 4.19. The van der Waals surface area contributed by atoms with E-state index in [1.807, 2.05) is 40.8 Å². The molecule has 0 aromatic heterocycles. The summed E-state index contributed by atoms with van der Waals surface area (Å²) in [5.41, 5.74) is 2.37. The molecule has 1 fully saturated rings. The zero-order valence-corrected chi connectivity index (χ0v) is 16.1. The van der Waals surface area contributed by atoms with E-state index in [0.29, 0.717) is 6.04 Å². The Bertz CT molecular complexity index is 315. The topological polar surface area (TPSA) is 18.5 Å². The molecule has 3 nitrogen and oxygen atoms in total. The first-order chi connectivity index (χ1) is 10.6. The van der Waals surface area contributed by atoms with Crippen molar-refractivity contribution in [3.63, 3.8) is 0 Å². The van der Waals surface area contributed by atoms with Gasteiger partial charge in [-0.15, -0.1) is 0 Å². The zero-order valence-electron chi connectivity index (χ0n) is 16.1. The van der Waals surface area contributed by atoms with Crippen molar-refractivity contribution in [1.29, 1.82) is 0 Å². The lowest BCUT2D eigenvalue weighted by Gasteiger charge is -2.45. The maximum Gasteiger partial charge on any atom is 0.0444 e. The van der Waals surface area contributed by atoms with Crippen molar-refractivity contribution < 1.29 is 0 Å². The predicted octanol–water partition coefficient (Wildman–Crippen LogP) is 3.91. The lowest BCUT2D eigenvalue weighted by Crippen LogP contribution is -2.58. The van der Waals surface area contributed by atoms with Crippen molar-refractivity contribution in [2.75, 3.05) is 40.3 Å². The minimum absolute atomic E-state index is 0.664. The summed E-state index contributed by atoms with van der Waals surface area (Å²) in [6, 6.07) is 0.664. The minimum atomic E-state index is 0.664. The highest BCUT2D eigenvalue weighted by Crippen LogP contribution is 2.20. The van der Waals surface area contributed by atoms with Gasteiger partial charge in [0.2, 0.25) is 0 Å². The Labute approximate surface area is 139 Å². The maximum atomic E-state index is 4.14. The average molecular weight is 310 g/mol. The molecule has 0 spiro atoms. The summed E-state index contributed by atoms with van der Waals surface area (Å²) in [6.07, 6.45) is 5.08. The molecule has 0 saturated carbocycles. The minimum Gasteiger partial charge on any atom is -0.369 e. The smallest absolute Gasteiger partial charge is 0.0444 e. The van der Waals surface area contributed by atoms with E-state index in [0.717, 1.165) is 38.3 Å². The van der Waals surface area contributed by atoms with Gasteiger partial charge < -0.3 is 10.2 Å². The molecule has 0 unspecified atom stereocenters. The van der Waals surface area contributed by atoms with Gasteiger partial charge in [0.15, 0.2) is 0 Å². The molecular formula is C19H39N3. The molecule has 1 N–H and O–H groups in total. The molecule has 0 atom stereocenters. The van der Waals surface area contributed by atoms with Gasteiger partial charge in [-0.05, 0) is 32.2 Å². The molecule has 0 aliphatic carbocycles. The van der Waals surface area contributed by atoms with Crippen LogP contribution >= 0.6 is 0 Å². The third kappa shape index (κ3) is 8.40. The van der Waals surface area contributed by atoms with Crippen molar-refractivity contribution in [2.45, 2.75) is 47.1 Å². The normalized spacial score (nSPS) is 14.4. The van der Waals surface area contributed by atoms with Crippen molar-refractivity contribution in [1.82, 2.24) is 15.1 Å². The Morgan fingerprint density at radius 3 is 2.23 bits per heavy atom. The van der Waals surface area contributed by atoms with Crippen molar-refractivity contribution in [3.05, 3.63) is 36.6 Å². The summed E-state index contributed by atoms with van der Waals surface area (Å²) < 4.78 is 0. The molecule has 0 aromatic carbocycles. The van der Waals surface area contributed by atoms with Crippen LogP contribution in [0.2, 0.25) is 0 Å². The first kappa shape index (κ1) is 23.2. The number of allylic oxidation sites excluding steroid dienone is 3. The number of nitrogens with zero attached hydrogens (tertiary/aromatic N) is 2. The van der Waals surface area contributed by atoms with Crippen LogP contribution < -0.4 is 5.32 Å². The van der Waals surface area contributed by atoms with Crippen molar-refractivity contribution in [3.8, 4) is 0 Å². The highest BCUT2D eigenvalue weighted by atomic mass is 15.3. The van der Waals surface area contributed by atoms with Gasteiger partial charge in [0.25, 0.3) is 0 Å². The van der Waals surface area contributed by atoms with Gasteiger partial charge in [-0.1, -0.05) is 53.9 Å². The standard InChI is InChI=1S/C15H27N3.2C2H6/c1-6-14(7-2)10-13(3)18-11-15(12-18)17(5)9-8-16-4;2*1-2/h6,10,15-16H,1,3,7-9,11-12H2,2,4-5H3;2*1-2H3/b14-10+;;. The fourth-order valence-corrected chi connectivity index (χ4v) is 2.05. The Balaban J connectivity index is 0. The molecule has 0 amide bonds. The summed E-state index contributed by atoms with van der Waals surface area (Å²) in [6.45, 7) is 22.4. The first-order valence-electron chi connectivity index (χ1n) is 8.74. The number of rotatable bonds is 8. The van der Waals surface area contributed by atoms with Gasteiger partial charge in [-0.25, -0.2) is 0 Å². The fraction of sp³-hybridized carbons (Fsp3) is 0.684. The number of hydrogen-bond acceptors (Lipinski definition) is 3. The molecular weight excluding hydrogens is 270 g/mol. The van der Waals surface area contributed by atoms with E-state index in [1.165, 1.54) is 5.57 Å². The van der Waals surface area contributed by atoms with E-state index in [-0.39, 0.29) is 0 Å². The van der Waals surface area contributed by atoms with Crippen LogP contribution in [0.15, 0.2) is 36.6 Å². The van der Waals surface area contributed by atoms with Gasteiger partial charge >= 0.3 is 0 Å². The fourth-order valence-electron chi connectivity index (χ4n) is 2.05. The number of likely N-dealkylation sites (tertiary alicyclic amines) is 1. The van der Waals surface area contributed by atoms with Crippen LogP contribution in [-0.4, -0.2) is 56.1 Å². The van der Waals surface area contributed by atoms with Gasteiger partial charge in [0, 0.05) is 37.9 Å². The molecule has 3 heteroatoms. The summed E-state index contributed by atoms with van der Waals surface area (Å²) in [5.74, 6) is 0. The molecule has 0 radical (unpaired) electrons. The second-order valence-corrected chi connectivity index (χ2v) is 4.91. The van der Waals surface area contributed by atoms with E-state index in [1.54, 1.807) is 0 Å². The van der Waals surface area contributed by atoms with Crippen molar-refractivity contribution in [2.24, 2.45) is 0 Å². The van der Waals surface area contributed by atoms with Crippen molar-refractivity contribution >= 4 is 0 Å². The van der Waals surface area contributed by atoms with Crippen LogP contribution in [0.3, 0.4) is 0 Å². The van der Waals surface area contributed by atoms with Crippen LogP contribution in [0.1, 0.15) is 41.0 Å². The maximum absolute atomic E-state index is 4.14. The molecule has 1 aliphatic heterocycles. The highest BCUT2D eigenvalue weighted by molar-refractivity contribution is 5.27. The Morgan fingerprint density at radius 2 is 1.82 bits per heavy atom. The second-order valence-electron chi connectivity index (χ2n) is 4.91. The average Bonchev–Trinajstić information content (AvgIpc) is 2.53. The summed E-state index contributed by atoms with van der Waals surface area (Å²) >= 11 is 0. The molecule has 1 rings (SSSR count). The van der Waals surface area contributed by atoms with Crippen LogP contribution in [0, 0.1) is 0 Å². The monoisotopic (exact) mass is 309 g/mol. The van der Waals surface area contributed by atoms with E-state index in [4.69, 9.17) is 0 Å². The second kappa shape index (κ2) is 14.9. The van der Waals surface area contributed by atoms with Crippen LogP contribution in [-0.2, 0) is 0 Å². The SMILES string of the molecule is C=C/C(=C\C(=C)N1CC(N(C)CCNC)C1)CC.CC.CC. The molecule has 1 heterocycles. The number of hydrogen-bond donors (Lipinski definition) is 1. The third-order valence-corrected chi connectivity index (χ3v) is 3.63. The highest BCUT2D eigenvalue weighted by Gasteiger charge is 2.29. The van der Waals surface area contributed by atoms with Gasteiger partial charge in [-0.2, -0.15) is 0 Å². The lowest BCUT2D eigenvalue weighted by atomic mass is 10.1. The third-order valence-electron chi connectivity index (χ3n) is 3.63. The molecule has 1 saturated heterocycles. The predicted molar refractivity (Wildman–Crippen MR) is 102 cm³/mol. The van der Waals surface area contributed by atoms with E-state index in [2.05, 4.69) is 48.3 Å². The van der Waals surface area contributed by atoms with Crippen LogP contribution in [0.25, 0.3) is 0 Å². The molecule has 0 aromatic rings. The molecule has 22 heavy (non-hydrogen) atoms. The van der Waals surface area contributed by atoms with Crippen LogP contribution in [0.4, 0.5) is 0 Å². The summed E-state index contributed by atoms with van der Waals surface area (Å²) in [4.78, 5) is 4.75. The molecule has 130 valence electrons. The Kier molecular flexibility index (Phi) is 15.7. The number of nitrogens with one attached hydrogen (secondary N) is 1. The van der Waals surface area contributed by atoms with Crippen LogP contribution in [0.5, 0.6) is 0 Å². The zero-order chi connectivity index (χ0) is 17.5. The van der Waals surface area contributed by atoms with E-state index >= 15 is 0 Å². The largest absolute Gasteiger partial charge is 0.369 e. The van der Waals surface area contributed by atoms with Gasteiger partial charge in [0.1, 0.15) is 0 Å². The molecule has 1 aliphatic rings. The first-order valence-corrected chi connectivity index (χ1v) is 8.74. The van der Waals surface area contributed by atoms with Gasteiger partial charge in [0.05, 0.1) is 0 Å². The van der Waals surface area contributed by atoms with E-state index in [9.17, 15) is 0 Å². The quantitative estimate of drug-likeness (QED) is 0.686. The summed E-state index contributed by atoms with van der Waals surface area (Å²) in [5, 5.41) is 3.18. The lowest BCUT2D eigenvalue weighted by molar-refractivity contribution is 0.0808. The molecule has 0 bridgehead atoms. The van der Waals surface area contributed by atoms with E-state index < -0.39 is 0 Å². The number of likely N-dealkylation sites (N-methyl/N-ethyl adjacent to an activating group) is 2. The van der Waals surface area contributed by atoms with Gasteiger partial charge in [-0.3, -0.25) is 4.90 Å². The Hall–Kier alpha value is -1.06. The Morgan fingerprint density at radius 1 is 1.27 bits per heavy atom.